The molecular formula is C10H8N2O3. The molecule has 15 heavy (non-hydrogen) atoms. The van der Waals surface area contributed by atoms with Crippen LogP contribution in [0.15, 0.2) is 24.3 Å². The Morgan fingerprint density at radius 3 is 2.40 bits per heavy atom. The number of carbonyl (C=O) groups is 3. The van der Waals surface area contributed by atoms with E-state index in [0.29, 0.717) is 0 Å². The van der Waals surface area contributed by atoms with E-state index in [1.807, 2.05) is 0 Å². The number of ketones is 1. The minimum atomic E-state index is -1.24. The number of hydrogen-bond donors (Lipinski definition) is 2. The lowest BCUT2D eigenvalue weighted by molar-refractivity contribution is -0.118. The Bertz CT molecular complexity index is 467. The maximum absolute atomic E-state index is 11.7. The van der Waals surface area contributed by atoms with Crippen LogP contribution in [0, 0.1) is 0 Å². The number of benzene rings is 1. The van der Waals surface area contributed by atoms with Gasteiger partial charge in [-0.25, -0.2) is 0 Å². The van der Waals surface area contributed by atoms with Crippen LogP contribution in [0.4, 0.5) is 0 Å². The van der Waals surface area contributed by atoms with Gasteiger partial charge in [-0.3, -0.25) is 14.4 Å². The van der Waals surface area contributed by atoms with Gasteiger partial charge in [0.15, 0.2) is 11.8 Å². The maximum atomic E-state index is 11.7. The van der Waals surface area contributed by atoms with Crippen LogP contribution in [0.1, 0.15) is 20.7 Å². The van der Waals surface area contributed by atoms with E-state index in [1.165, 1.54) is 12.1 Å². The van der Waals surface area contributed by atoms with Crippen LogP contribution in [0.25, 0.3) is 0 Å². The highest BCUT2D eigenvalue weighted by Gasteiger charge is 2.34. The van der Waals surface area contributed by atoms with Gasteiger partial charge in [0.05, 0.1) is 5.56 Å². The van der Waals surface area contributed by atoms with Crippen molar-refractivity contribution in [2.24, 2.45) is 5.73 Å². The number of nitrogens with one attached hydrogen (secondary N) is 1. The maximum Gasteiger partial charge on any atom is 0.253 e. The number of carbonyl (C=O) groups excluding carboxylic acids is 3. The molecule has 0 aliphatic carbocycles. The molecular weight excluding hydrogens is 196 g/mol. The predicted octanol–water partition coefficient (Wildman–Crippen LogP) is -0.533. The fraction of sp³-hybridized carbons (Fsp3) is 0.100. The number of rotatable bonds is 1. The molecule has 0 aromatic heterocycles. The first-order valence-corrected chi connectivity index (χ1v) is 4.34. The highest BCUT2D eigenvalue weighted by Crippen LogP contribution is 2.16. The molecule has 2 amide bonds. The summed E-state index contributed by atoms with van der Waals surface area (Å²) in [5.74, 6) is -1.76. The van der Waals surface area contributed by atoms with E-state index in [0.717, 1.165) is 0 Å². The van der Waals surface area contributed by atoms with Crippen molar-refractivity contribution in [2.75, 3.05) is 0 Å². The van der Waals surface area contributed by atoms with E-state index in [2.05, 4.69) is 5.32 Å². The molecule has 1 aromatic rings. The SMILES string of the molecule is NC(=O)[C@H]1NC(=O)c2ccccc2C1=O. The monoisotopic (exact) mass is 204 g/mol. The molecule has 1 heterocycles. The van der Waals surface area contributed by atoms with Crippen molar-refractivity contribution in [2.45, 2.75) is 6.04 Å². The van der Waals surface area contributed by atoms with Gasteiger partial charge in [0.1, 0.15) is 0 Å². The molecule has 5 nitrogen and oxygen atoms in total. The van der Waals surface area contributed by atoms with Crippen LogP contribution >= 0.6 is 0 Å². The average molecular weight is 204 g/mol. The first-order chi connectivity index (χ1) is 7.11. The normalized spacial score (nSPS) is 19.3. The van der Waals surface area contributed by atoms with Gasteiger partial charge < -0.3 is 11.1 Å². The number of Topliss-reactive ketones (excluding diaryl/α,β-unsaturated/α-hetero) is 1. The van der Waals surface area contributed by atoms with Crippen LogP contribution < -0.4 is 11.1 Å². The second-order valence-electron chi connectivity index (χ2n) is 3.22. The van der Waals surface area contributed by atoms with E-state index in [1.54, 1.807) is 12.1 Å². The summed E-state index contributed by atoms with van der Waals surface area (Å²) in [6.45, 7) is 0. The molecule has 1 aromatic carbocycles. The molecule has 5 heteroatoms. The molecule has 0 radical (unpaired) electrons. The molecule has 2 rings (SSSR count). The number of primary amides is 1. The van der Waals surface area contributed by atoms with Crippen molar-refractivity contribution in [1.29, 1.82) is 0 Å². The highest BCUT2D eigenvalue weighted by atomic mass is 16.2. The molecule has 0 saturated carbocycles. The third-order valence-corrected chi connectivity index (χ3v) is 2.26. The second-order valence-corrected chi connectivity index (χ2v) is 3.22. The van der Waals surface area contributed by atoms with Crippen LogP contribution in [0.3, 0.4) is 0 Å². The third-order valence-electron chi connectivity index (χ3n) is 2.26. The second kappa shape index (κ2) is 3.20. The topological polar surface area (TPSA) is 89.3 Å². The highest BCUT2D eigenvalue weighted by molar-refractivity contribution is 6.22. The van der Waals surface area contributed by atoms with Gasteiger partial charge in [-0.2, -0.15) is 0 Å². The Morgan fingerprint density at radius 1 is 1.20 bits per heavy atom. The third kappa shape index (κ3) is 1.38. The van der Waals surface area contributed by atoms with Crippen LogP contribution in [0.2, 0.25) is 0 Å². The van der Waals surface area contributed by atoms with Crippen LogP contribution in [-0.2, 0) is 4.79 Å². The number of fused-ring (bicyclic) bond motifs is 1. The van der Waals surface area contributed by atoms with E-state index >= 15 is 0 Å². The fourth-order valence-corrected chi connectivity index (χ4v) is 1.53. The van der Waals surface area contributed by atoms with Crippen molar-refractivity contribution < 1.29 is 14.4 Å². The molecule has 0 saturated heterocycles. The van der Waals surface area contributed by atoms with Crippen molar-refractivity contribution in [3.8, 4) is 0 Å². The summed E-state index contributed by atoms with van der Waals surface area (Å²) in [5, 5.41) is 2.26. The van der Waals surface area contributed by atoms with Crippen molar-refractivity contribution in [3.05, 3.63) is 35.4 Å². The van der Waals surface area contributed by atoms with Gasteiger partial charge in [0, 0.05) is 5.56 Å². The van der Waals surface area contributed by atoms with Crippen molar-refractivity contribution in [3.63, 3.8) is 0 Å². The van der Waals surface area contributed by atoms with E-state index in [-0.39, 0.29) is 11.1 Å². The van der Waals surface area contributed by atoms with Gasteiger partial charge in [-0.1, -0.05) is 18.2 Å². The first kappa shape index (κ1) is 9.39. The largest absolute Gasteiger partial charge is 0.367 e. The number of amides is 2. The van der Waals surface area contributed by atoms with Gasteiger partial charge in [0.25, 0.3) is 5.91 Å². The molecule has 1 aliphatic heterocycles. The van der Waals surface area contributed by atoms with Gasteiger partial charge in [0.2, 0.25) is 5.91 Å². The summed E-state index contributed by atoms with van der Waals surface area (Å²) >= 11 is 0. The first-order valence-electron chi connectivity index (χ1n) is 4.34. The summed E-state index contributed by atoms with van der Waals surface area (Å²) in [6.07, 6.45) is 0. The molecule has 0 bridgehead atoms. The Labute approximate surface area is 85.3 Å². The van der Waals surface area contributed by atoms with E-state index < -0.39 is 23.6 Å². The fourth-order valence-electron chi connectivity index (χ4n) is 1.53. The van der Waals surface area contributed by atoms with E-state index in [4.69, 9.17) is 5.73 Å². The number of nitrogens with two attached hydrogens (primary N) is 1. The van der Waals surface area contributed by atoms with Crippen molar-refractivity contribution >= 4 is 17.6 Å². The lowest BCUT2D eigenvalue weighted by Crippen LogP contribution is -2.53. The van der Waals surface area contributed by atoms with Crippen LogP contribution in [0.5, 0.6) is 0 Å². The lowest BCUT2D eigenvalue weighted by Gasteiger charge is -2.21. The Hall–Kier alpha value is -2.17. The van der Waals surface area contributed by atoms with Crippen LogP contribution in [-0.4, -0.2) is 23.6 Å². The Kier molecular flexibility index (Phi) is 2.00. The van der Waals surface area contributed by atoms with Gasteiger partial charge >= 0.3 is 0 Å². The van der Waals surface area contributed by atoms with Gasteiger partial charge in [-0.15, -0.1) is 0 Å². The lowest BCUT2D eigenvalue weighted by atomic mass is 9.94. The molecule has 0 fully saturated rings. The average Bonchev–Trinajstić information content (AvgIpc) is 2.23. The minimum absolute atomic E-state index is 0.241. The molecule has 0 spiro atoms. The molecule has 1 atom stereocenters. The molecule has 76 valence electrons. The molecule has 3 N–H and O–H groups in total. The summed E-state index contributed by atoms with van der Waals surface area (Å²) < 4.78 is 0. The Balaban J connectivity index is 2.53. The Morgan fingerprint density at radius 2 is 1.80 bits per heavy atom. The molecule has 0 unspecified atom stereocenters. The summed E-state index contributed by atoms with van der Waals surface area (Å²) in [4.78, 5) is 34.1. The smallest absolute Gasteiger partial charge is 0.253 e. The minimum Gasteiger partial charge on any atom is -0.367 e. The van der Waals surface area contributed by atoms with E-state index in [9.17, 15) is 14.4 Å². The zero-order valence-electron chi connectivity index (χ0n) is 7.69. The summed E-state index contributed by atoms with van der Waals surface area (Å²) in [5.41, 5.74) is 5.52. The quantitative estimate of drug-likeness (QED) is 0.602. The standard InChI is InChI=1S/C10H8N2O3/c11-9(14)7-8(13)5-3-1-2-4-6(5)10(15)12-7/h1-4,7H,(H2,11,14)(H,12,15)/t7-/m0/s1. The van der Waals surface area contributed by atoms with Gasteiger partial charge in [-0.05, 0) is 6.07 Å². The zero-order chi connectivity index (χ0) is 11.0. The predicted molar refractivity (Wildman–Crippen MR) is 51.2 cm³/mol. The summed E-state index contributed by atoms with van der Waals surface area (Å²) in [6, 6.07) is 5.07. The number of hydrogen-bond acceptors (Lipinski definition) is 3. The summed E-state index contributed by atoms with van der Waals surface area (Å²) in [7, 11) is 0. The molecule has 1 aliphatic rings. The van der Waals surface area contributed by atoms with Crippen molar-refractivity contribution in [1.82, 2.24) is 5.32 Å². The zero-order valence-corrected chi connectivity index (χ0v) is 7.69.